The number of fused-ring (bicyclic) bond motifs is 2. The van der Waals surface area contributed by atoms with Crippen molar-refractivity contribution in [1.29, 1.82) is 0 Å². The smallest absolute Gasteiger partial charge is 0.260 e. The van der Waals surface area contributed by atoms with Crippen LogP contribution in [0.4, 0.5) is 5.69 Å². The van der Waals surface area contributed by atoms with Gasteiger partial charge >= 0.3 is 0 Å². The van der Waals surface area contributed by atoms with Crippen molar-refractivity contribution in [2.75, 3.05) is 32.7 Å². The average Bonchev–Trinajstić information content (AvgIpc) is 3.16. The number of nitrogens with zero attached hydrogens (tertiary/aromatic N) is 1. The molecule has 4 rings (SSSR count). The summed E-state index contributed by atoms with van der Waals surface area (Å²) in [7, 11) is 3.26. The van der Waals surface area contributed by atoms with Gasteiger partial charge in [-0.15, -0.1) is 0 Å². The van der Waals surface area contributed by atoms with Gasteiger partial charge in [0.15, 0.2) is 11.5 Å². The van der Waals surface area contributed by atoms with E-state index in [4.69, 9.17) is 14.2 Å². The number of carbonyl (C=O) groups excluding carboxylic acids is 1. The summed E-state index contributed by atoms with van der Waals surface area (Å²) in [5, 5.41) is 3.45. The van der Waals surface area contributed by atoms with E-state index in [1.807, 2.05) is 41.4 Å². The van der Waals surface area contributed by atoms with Gasteiger partial charge in [0, 0.05) is 18.8 Å². The number of unbranched alkanes of at least 4 members (excludes halogenated alkanes) is 1. The van der Waals surface area contributed by atoms with Gasteiger partial charge in [0.05, 0.1) is 38.1 Å². The van der Waals surface area contributed by atoms with Crippen molar-refractivity contribution in [2.45, 2.75) is 32.2 Å². The van der Waals surface area contributed by atoms with E-state index in [2.05, 4.69) is 12.2 Å². The number of hydrogen-bond donors (Lipinski definition) is 1. The van der Waals surface area contributed by atoms with E-state index in [1.165, 1.54) is 0 Å². The maximum atomic E-state index is 13.4. The zero-order chi connectivity index (χ0) is 21.1. The molecule has 0 bridgehead atoms. The number of amides is 1. The number of ether oxygens (including phenoxy) is 3. The highest BCUT2D eigenvalue weighted by molar-refractivity contribution is 6.03. The zero-order valence-electron chi connectivity index (χ0n) is 17.7. The number of anilines is 1. The van der Waals surface area contributed by atoms with Gasteiger partial charge in [-0.05, 0) is 42.2 Å². The summed E-state index contributed by atoms with van der Waals surface area (Å²) in [5.74, 6) is 2.04. The molecule has 0 aliphatic carbocycles. The van der Waals surface area contributed by atoms with Crippen LogP contribution in [0.2, 0.25) is 0 Å². The Morgan fingerprint density at radius 3 is 2.60 bits per heavy atom. The van der Waals surface area contributed by atoms with Crippen LogP contribution >= 0.6 is 0 Å². The topological polar surface area (TPSA) is 60.0 Å². The highest BCUT2D eigenvalue weighted by Crippen LogP contribution is 2.39. The molecule has 0 unspecified atom stereocenters. The molecule has 6 heteroatoms. The Kier molecular flexibility index (Phi) is 5.84. The molecule has 0 aromatic heterocycles. The molecule has 1 amide bonds. The predicted molar refractivity (Wildman–Crippen MR) is 117 cm³/mol. The molecule has 0 saturated carbocycles. The summed E-state index contributed by atoms with van der Waals surface area (Å²) in [6.45, 7) is 3.43. The first kappa shape index (κ1) is 20.1. The van der Waals surface area contributed by atoms with Crippen molar-refractivity contribution in [1.82, 2.24) is 4.90 Å². The van der Waals surface area contributed by atoms with Gasteiger partial charge in [-0.3, -0.25) is 4.79 Å². The van der Waals surface area contributed by atoms with Gasteiger partial charge in [-0.1, -0.05) is 25.5 Å². The maximum Gasteiger partial charge on any atom is 0.260 e. The molecule has 30 heavy (non-hydrogen) atoms. The zero-order valence-corrected chi connectivity index (χ0v) is 17.7. The summed E-state index contributed by atoms with van der Waals surface area (Å²) in [5.41, 5.74) is 3.65. The standard InChI is InChI=1S/C24H28N2O4/c1-4-5-10-30-23-13-21-20(12-22(23)29-3)24(27)26-15-17(11-18(26)14-25-21)16-6-8-19(28-2)9-7-16/h6-9,12-13,15,18,25H,4-5,10-11,14H2,1-3H3/t18-/m0/s1. The van der Waals surface area contributed by atoms with Crippen LogP contribution in [0.15, 0.2) is 42.6 Å². The molecule has 0 spiro atoms. The van der Waals surface area contributed by atoms with Crippen LogP contribution in [0.1, 0.15) is 42.1 Å². The largest absolute Gasteiger partial charge is 0.497 e. The van der Waals surface area contributed by atoms with Gasteiger partial charge in [-0.25, -0.2) is 0 Å². The van der Waals surface area contributed by atoms with Crippen LogP contribution in [-0.4, -0.2) is 44.2 Å². The number of nitrogens with one attached hydrogen (secondary N) is 1. The first-order chi connectivity index (χ1) is 14.6. The SMILES string of the molecule is CCCCOc1cc2c(cc1OC)C(=O)N1C=C(c3ccc(OC)cc3)C[C@H]1CN2. The lowest BCUT2D eigenvalue weighted by atomic mass is 10.0. The summed E-state index contributed by atoms with van der Waals surface area (Å²) >= 11 is 0. The maximum absolute atomic E-state index is 13.4. The van der Waals surface area contributed by atoms with Gasteiger partial charge in [0.25, 0.3) is 5.91 Å². The van der Waals surface area contributed by atoms with Crippen molar-refractivity contribution in [3.8, 4) is 17.2 Å². The number of benzene rings is 2. The summed E-state index contributed by atoms with van der Waals surface area (Å²) in [4.78, 5) is 15.2. The normalized spacial score (nSPS) is 17.4. The minimum atomic E-state index is -0.0260. The molecule has 1 N–H and O–H groups in total. The molecule has 0 radical (unpaired) electrons. The Bertz CT molecular complexity index is 952. The van der Waals surface area contributed by atoms with E-state index < -0.39 is 0 Å². The fourth-order valence-corrected chi connectivity index (χ4v) is 3.92. The second kappa shape index (κ2) is 8.69. The predicted octanol–water partition coefficient (Wildman–Crippen LogP) is 4.56. The monoisotopic (exact) mass is 408 g/mol. The molecule has 2 heterocycles. The number of rotatable bonds is 7. The summed E-state index contributed by atoms with van der Waals surface area (Å²) in [6.07, 6.45) is 4.81. The number of carbonyl (C=O) groups is 1. The molecule has 2 aromatic rings. The minimum Gasteiger partial charge on any atom is -0.497 e. The quantitative estimate of drug-likeness (QED) is 0.681. The van der Waals surface area contributed by atoms with Crippen LogP contribution in [-0.2, 0) is 0 Å². The van der Waals surface area contributed by atoms with E-state index in [0.717, 1.165) is 41.8 Å². The lowest BCUT2D eigenvalue weighted by Gasteiger charge is -2.20. The van der Waals surface area contributed by atoms with Crippen LogP contribution in [0, 0.1) is 0 Å². The molecule has 6 nitrogen and oxygen atoms in total. The van der Waals surface area contributed by atoms with Crippen molar-refractivity contribution in [3.63, 3.8) is 0 Å². The second-order valence-electron chi connectivity index (χ2n) is 7.58. The molecular formula is C24H28N2O4. The van der Waals surface area contributed by atoms with Crippen LogP contribution in [0.5, 0.6) is 17.2 Å². The Hall–Kier alpha value is -3.15. The fraction of sp³-hybridized carbons (Fsp3) is 0.375. The van der Waals surface area contributed by atoms with Crippen molar-refractivity contribution >= 4 is 17.2 Å². The van der Waals surface area contributed by atoms with Crippen molar-refractivity contribution in [2.24, 2.45) is 0 Å². The van der Waals surface area contributed by atoms with E-state index in [1.54, 1.807) is 20.3 Å². The van der Waals surface area contributed by atoms with E-state index in [0.29, 0.717) is 30.2 Å². The highest BCUT2D eigenvalue weighted by Gasteiger charge is 2.34. The number of methoxy groups -OCH3 is 2. The lowest BCUT2D eigenvalue weighted by molar-refractivity contribution is 0.0796. The van der Waals surface area contributed by atoms with Crippen molar-refractivity contribution < 1.29 is 19.0 Å². The molecule has 1 atom stereocenters. The average molecular weight is 408 g/mol. The highest BCUT2D eigenvalue weighted by atomic mass is 16.5. The molecule has 2 aliphatic heterocycles. The van der Waals surface area contributed by atoms with E-state index >= 15 is 0 Å². The van der Waals surface area contributed by atoms with Gasteiger partial charge in [0.2, 0.25) is 0 Å². The molecule has 158 valence electrons. The van der Waals surface area contributed by atoms with E-state index in [-0.39, 0.29) is 11.9 Å². The van der Waals surface area contributed by atoms with E-state index in [9.17, 15) is 4.79 Å². The molecular weight excluding hydrogens is 380 g/mol. The Morgan fingerprint density at radius 1 is 1.10 bits per heavy atom. The summed E-state index contributed by atoms with van der Waals surface area (Å²) < 4.78 is 16.6. The third kappa shape index (κ3) is 3.82. The Morgan fingerprint density at radius 2 is 1.90 bits per heavy atom. The lowest BCUT2D eigenvalue weighted by Crippen LogP contribution is -2.34. The molecule has 2 aromatic carbocycles. The molecule has 0 saturated heterocycles. The minimum absolute atomic E-state index is 0.0260. The first-order valence-electron chi connectivity index (χ1n) is 10.4. The fourth-order valence-electron chi connectivity index (χ4n) is 3.92. The first-order valence-corrected chi connectivity index (χ1v) is 10.4. The summed E-state index contributed by atoms with van der Waals surface area (Å²) in [6, 6.07) is 11.7. The molecule has 0 fully saturated rings. The van der Waals surface area contributed by atoms with Crippen LogP contribution in [0.25, 0.3) is 5.57 Å². The van der Waals surface area contributed by atoms with Gasteiger partial charge in [-0.2, -0.15) is 0 Å². The van der Waals surface area contributed by atoms with Gasteiger partial charge in [0.1, 0.15) is 5.75 Å². The Labute approximate surface area is 177 Å². The number of hydrogen-bond acceptors (Lipinski definition) is 5. The third-order valence-electron chi connectivity index (χ3n) is 5.66. The van der Waals surface area contributed by atoms with Crippen LogP contribution in [0.3, 0.4) is 0 Å². The van der Waals surface area contributed by atoms with Crippen molar-refractivity contribution in [3.05, 3.63) is 53.7 Å². The third-order valence-corrected chi connectivity index (χ3v) is 5.66. The van der Waals surface area contributed by atoms with Gasteiger partial charge < -0.3 is 24.4 Å². The van der Waals surface area contributed by atoms with Crippen LogP contribution < -0.4 is 19.5 Å². The molecule has 2 aliphatic rings. The second-order valence-corrected chi connectivity index (χ2v) is 7.58. The Balaban J connectivity index is 1.61.